The SMILES string of the molecule is O=C(c1c[nH]c2cccc(OCc3ccccc3)c12)[C@@H]1CS[C@H](c2cccnc2)N1. The first-order valence-corrected chi connectivity index (χ1v) is 10.9. The maximum atomic E-state index is 13.4. The lowest BCUT2D eigenvalue weighted by Gasteiger charge is -2.13. The normalized spacial score (nSPS) is 18.5. The quantitative estimate of drug-likeness (QED) is 0.446. The van der Waals surface area contributed by atoms with Gasteiger partial charge in [-0.25, -0.2) is 0 Å². The second-order valence-electron chi connectivity index (χ2n) is 7.24. The van der Waals surface area contributed by atoms with E-state index in [9.17, 15) is 4.79 Å². The molecule has 0 unspecified atom stereocenters. The van der Waals surface area contributed by atoms with Crippen molar-refractivity contribution in [2.75, 3.05) is 5.75 Å². The molecule has 5 nitrogen and oxygen atoms in total. The number of nitrogens with zero attached hydrogens (tertiary/aromatic N) is 1. The van der Waals surface area contributed by atoms with Gasteiger partial charge in [0, 0.05) is 35.4 Å². The third kappa shape index (κ3) is 3.72. The highest BCUT2D eigenvalue weighted by Crippen LogP contribution is 2.35. The summed E-state index contributed by atoms with van der Waals surface area (Å²) in [5, 5.41) is 4.37. The molecule has 1 aliphatic rings. The van der Waals surface area contributed by atoms with Crippen molar-refractivity contribution in [3.63, 3.8) is 0 Å². The molecular formula is C24H21N3O2S. The molecule has 0 bridgehead atoms. The van der Waals surface area contributed by atoms with E-state index in [0.717, 1.165) is 33.5 Å². The number of rotatable bonds is 6. The largest absolute Gasteiger partial charge is 0.488 e. The average molecular weight is 416 g/mol. The van der Waals surface area contributed by atoms with Gasteiger partial charge in [0.05, 0.1) is 16.8 Å². The maximum Gasteiger partial charge on any atom is 0.182 e. The molecule has 0 radical (unpaired) electrons. The molecule has 1 aliphatic heterocycles. The summed E-state index contributed by atoms with van der Waals surface area (Å²) in [7, 11) is 0. The van der Waals surface area contributed by atoms with E-state index in [2.05, 4.69) is 15.3 Å². The van der Waals surface area contributed by atoms with Gasteiger partial charge >= 0.3 is 0 Å². The molecule has 2 N–H and O–H groups in total. The van der Waals surface area contributed by atoms with Crippen LogP contribution in [0.2, 0.25) is 0 Å². The molecule has 2 aromatic heterocycles. The van der Waals surface area contributed by atoms with Gasteiger partial charge < -0.3 is 9.72 Å². The Morgan fingerprint density at radius 2 is 2.00 bits per heavy atom. The molecule has 150 valence electrons. The first-order valence-electron chi connectivity index (χ1n) is 9.88. The number of carbonyl (C=O) groups excluding carboxylic acids is 1. The van der Waals surface area contributed by atoms with Crippen molar-refractivity contribution >= 4 is 28.4 Å². The van der Waals surface area contributed by atoms with Gasteiger partial charge in [-0.15, -0.1) is 11.8 Å². The van der Waals surface area contributed by atoms with Crippen molar-refractivity contribution < 1.29 is 9.53 Å². The predicted octanol–water partition coefficient (Wildman–Crippen LogP) is 4.73. The summed E-state index contributed by atoms with van der Waals surface area (Å²) in [4.78, 5) is 20.8. The number of pyridine rings is 1. The Morgan fingerprint density at radius 3 is 2.83 bits per heavy atom. The van der Waals surface area contributed by atoms with Crippen LogP contribution in [0.3, 0.4) is 0 Å². The van der Waals surface area contributed by atoms with Gasteiger partial charge in [-0.2, -0.15) is 0 Å². The highest BCUT2D eigenvalue weighted by atomic mass is 32.2. The summed E-state index contributed by atoms with van der Waals surface area (Å²) in [5.74, 6) is 1.52. The molecule has 1 saturated heterocycles. The van der Waals surface area contributed by atoms with Gasteiger partial charge in [0.15, 0.2) is 5.78 Å². The summed E-state index contributed by atoms with van der Waals surface area (Å²) in [5.41, 5.74) is 3.74. The zero-order chi connectivity index (χ0) is 20.3. The van der Waals surface area contributed by atoms with Crippen LogP contribution in [0.15, 0.2) is 79.3 Å². The molecule has 5 rings (SSSR count). The summed E-state index contributed by atoms with van der Waals surface area (Å²) in [6.45, 7) is 0.458. The fourth-order valence-electron chi connectivity index (χ4n) is 3.74. The van der Waals surface area contributed by atoms with E-state index in [0.29, 0.717) is 12.2 Å². The summed E-state index contributed by atoms with van der Waals surface area (Å²) in [6.07, 6.45) is 5.40. The number of Topliss-reactive ketones (excluding diaryl/α,β-unsaturated/α-hetero) is 1. The molecule has 0 aliphatic carbocycles. The average Bonchev–Trinajstić information content (AvgIpc) is 3.47. The van der Waals surface area contributed by atoms with Crippen LogP contribution in [0.4, 0.5) is 0 Å². The molecule has 0 amide bonds. The van der Waals surface area contributed by atoms with E-state index in [1.54, 1.807) is 24.2 Å². The van der Waals surface area contributed by atoms with Crippen molar-refractivity contribution in [1.82, 2.24) is 15.3 Å². The molecule has 3 heterocycles. The Morgan fingerprint density at radius 1 is 1.10 bits per heavy atom. The topological polar surface area (TPSA) is 67.0 Å². The number of fused-ring (bicyclic) bond motifs is 1. The summed E-state index contributed by atoms with van der Waals surface area (Å²) >= 11 is 1.73. The number of H-pyrrole nitrogens is 1. The monoisotopic (exact) mass is 415 g/mol. The van der Waals surface area contributed by atoms with E-state index in [4.69, 9.17) is 4.74 Å². The van der Waals surface area contributed by atoms with Gasteiger partial charge in [0.25, 0.3) is 0 Å². The molecular weight excluding hydrogens is 394 g/mol. The van der Waals surface area contributed by atoms with E-state index < -0.39 is 0 Å². The number of ketones is 1. The van der Waals surface area contributed by atoms with Crippen LogP contribution in [0.1, 0.15) is 26.9 Å². The smallest absolute Gasteiger partial charge is 0.182 e. The van der Waals surface area contributed by atoms with Crippen molar-refractivity contribution in [3.05, 3.63) is 95.9 Å². The number of aromatic nitrogens is 2. The van der Waals surface area contributed by atoms with E-state index in [1.165, 1.54) is 0 Å². The van der Waals surface area contributed by atoms with Crippen LogP contribution < -0.4 is 10.1 Å². The number of thioether (sulfide) groups is 1. The number of benzene rings is 2. The molecule has 2 aromatic carbocycles. The summed E-state index contributed by atoms with van der Waals surface area (Å²) in [6, 6.07) is 19.6. The molecule has 6 heteroatoms. The van der Waals surface area contributed by atoms with Crippen molar-refractivity contribution in [2.24, 2.45) is 0 Å². The standard InChI is InChI=1S/C24H21N3O2S/c28-23(20-15-30-24(27-20)17-8-5-11-25-12-17)18-13-26-19-9-4-10-21(22(18)19)29-14-16-6-2-1-3-7-16/h1-13,20,24,26-27H,14-15H2/t20-,24+/m0/s1. The molecule has 1 fully saturated rings. The second-order valence-corrected chi connectivity index (χ2v) is 8.38. The third-order valence-corrected chi connectivity index (χ3v) is 6.52. The molecule has 0 spiro atoms. The fourth-order valence-corrected chi connectivity index (χ4v) is 4.96. The third-order valence-electron chi connectivity index (χ3n) is 5.26. The number of hydrogen-bond donors (Lipinski definition) is 2. The summed E-state index contributed by atoms with van der Waals surface area (Å²) < 4.78 is 6.10. The van der Waals surface area contributed by atoms with Crippen molar-refractivity contribution in [3.8, 4) is 5.75 Å². The van der Waals surface area contributed by atoms with Gasteiger partial charge in [0.1, 0.15) is 12.4 Å². The second kappa shape index (κ2) is 8.34. The Balaban J connectivity index is 1.38. The Kier molecular flexibility index (Phi) is 5.26. The van der Waals surface area contributed by atoms with Crippen LogP contribution in [0, 0.1) is 0 Å². The predicted molar refractivity (Wildman–Crippen MR) is 120 cm³/mol. The lowest BCUT2D eigenvalue weighted by Crippen LogP contribution is -2.34. The van der Waals surface area contributed by atoms with Gasteiger partial charge in [-0.3, -0.25) is 15.1 Å². The van der Waals surface area contributed by atoms with Crippen LogP contribution in [0.25, 0.3) is 10.9 Å². The Hall–Kier alpha value is -3.09. The zero-order valence-electron chi connectivity index (χ0n) is 16.2. The van der Waals surface area contributed by atoms with E-state index in [1.807, 2.05) is 66.9 Å². The Labute approximate surface area is 178 Å². The Bertz CT molecular complexity index is 1160. The number of ether oxygens (including phenoxy) is 1. The number of nitrogens with one attached hydrogen (secondary N) is 2. The van der Waals surface area contributed by atoms with Crippen molar-refractivity contribution in [2.45, 2.75) is 18.0 Å². The van der Waals surface area contributed by atoms with Gasteiger partial charge in [0.2, 0.25) is 0 Å². The van der Waals surface area contributed by atoms with E-state index in [-0.39, 0.29) is 17.2 Å². The van der Waals surface area contributed by atoms with Gasteiger partial charge in [-0.1, -0.05) is 42.5 Å². The molecule has 4 aromatic rings. The number of aromatic amines is 1. The minimum absolute atomic E-state index is 0.0756. The van der Waals surface area contributed by atoms with Gasteiger partial charge in [-0.05, 0) is 29.3 Å². The first-order chi connectivity index (χ1) is 14.8. The minimum Gasteiger partial charge on any atom is -0.488 e. The minimum atomic E-state index is -0.249. The highest BCUT2D eigenvalue weighted by molar-refractivity contribution is 7.99. The molecule has 30 heavy (non-hydrogen) atoms. The fraction of sp³-hybridized carbons (Fsp3) is 0.167. The van der Waals surface area contributed by atoms with Crippen LogP contribution in [0.5, 0.6) is 5.75 Å². The molecule has 0 saturated carbocycles. The lowest BCUT2D eigenvalue weighted by molar-refractivity contribution is 0.0957. The number of hydrogen-bond acceptors (Lipinski definition) is 5. The van der Waals surface area contributed by atoms with Crippen LogP contribution >= 0.6 is 11.8 Å². The maximum absolute atomic E-state index is 13.4. The van der Waals surface area contributed by atoms with Crippen molar-refractivity contribution in [1.29, 1.82) is 0 Å². The first kappa shape index (κ1) is 18.9. The lowest BCUT2D eigenvalue weighted by atomic mass is 10.0. The highest BCUT2D eigenvalue weighted by Gasteiger charge is 2.32. The van der Waals surface area contributed by atoms with E-state index >= 15 is 0 Å². The van der Waals surface area contributed by atoms with Crippen LogP contribution in [-0.4, -0.2) is 27.5 Å². The number of carbonyl (C=O) groups is 1. The molecule has 2 atom stereocenters. The van der Waals surface area contributed by atoms with Crippen LogP contribution in [-0.2, 0) is 6.61 Å². The zero-order valence-corrected chi connectivity index (χ0v) is 17.1.